The molecule has 2 aromatic rings. The van der Waals surface area contributed by atoms with Gasteiger partial charge in [-0.25, -0.2) is 0 Å². The molecule has 0 saturated carbocycles. The predicted molar refractivity (Wildman–Crippen MR) is 92.1 cm³/mol. The van der Waals surface area contributed by atoms with Crippen molar-refractivity contribution >= 4 is 17.5 Å². The molecule has 0 heterocycles. The molecule has 0 saturated heterocycles. The van der Waals surface area contributed by atoms with Crippen LogP contribution in [0.2, 0.25) is 5.02 Å². The second-order valence-corrected chi connectivity index (χ2v) is 5.94. The van der Waals surface area contributed by atoms with E-state index < -0.39 is 0 Å². The summed E-state index contributed by atoms with van der Waals surface area (Å²) in [6.45, 7) is 4.14. The number of hydrogen-bond acceptors (Lipinski definition) is 1. The van der Waals surface area contributed by atoms with E-state index in [2.05, 4.69) is 43.4 Å². The number of nitrogens with one attached hydrogen (secondary N) is 1. The van der Waals surface area contributed by atoms with E-state index in [9.17, 15) is 4.79 Å². The molecule has 0 spiro atoms. The van der Waals surface area contributed by atoms with Gasteiger partial charge in [0.2, 0.25) is 5.91 Å². The van der Waals surface area contributed by atoms with Crippen LogP contribution in [0.15, 0.2) is 48.5 Å². The van der Waals surface area contributed by atoms with E-state index in [0.717, 1.165) is 22.6 Å². The van der Waals surface area contributed by atoms with Gasteiger partial charge in [0.25, 0.3) is 0 Å². The molecule has 0 aliphatic carbocycles. The molecule has 0 bridgehead atoms. The van der Waals surface area contributed by atoms with E-state index in [4.69, 9.17) is 11.6 Å². The second kappa shape index (κ2) is 8.00. The number of halogens is 1. The zero-order valence-electron chi connectivity index (χ0n) is 13.1. The highest BCUT2D eigenvalue weighted by Gasteiger charge is 2.13. The molecule has 116 valence electrons. The van der Waals surface area contributed by atoms with Gasteiger partial charge in [-0.3, -0.25) is 4.79 Å². The van der Waals surface area contributed by atoms with E-state index in [1.165, 1.54) is 5.56 Å². The fraction of sp³-hybridized carbons (Fsp3) is 0.316. The molecule has 0 aromatic heterocycles. The zero-order chi connectivity index (χ0) is 15.9. The number of carbonyl (C=O) groups excluding carboxylic acids is 1. The minimum atomic E-state index is 0.0624. The van der Waals surface area contributed by atoms with Crippen molar-refractivity contribution in [2.75, 3.05) is 0 Å². The van der Waals surface area contributed by atoms with Crippen LogP contribution in [0.1, 0.15) is 42.5 Å². The normalized spacial score (nSPS) is 12.0. The quantitative estimate of drug-likeness (QED) is 0.811. The number of hydrogen-bond donors (Lipinski definition) is 1. The maximum absolute atomic E-state index is 12.2. The van der Waals surface area contributed by atoms with Crippen LogP contribution in [-0.4, -0.2) is 5.91 Å². The van der Waals surface area contributed by atoms with Crippen LogP contribution in [-0.2, 0) is 11.2 Å². The molecule has 2 rings (SSSR count). The number of carbonyl (C=O) groups is 1. The standard InChI is InChI=1S/C19H22ClNO/c1-3-18(16-10-8-14(2)9-11-16)21-19(22)13-12-15-6-4-5-7-17(15)20/h4-11,18H,3,12-13H2,1-2H3,(H,21,22)/t18-/m0/s1. The van der Waals surface area contributed by atoms with Crippen molar-refractivity contribution in [3.8, 4) is 0 Å². The summed E-state index contributed by atoms with van der Waals surface area (Å²) in [5.41, 5.74) is 3.39. The van der Waals surface area contributed by atoms with Crippen molar-refractivity contribution in [3.63, 3.8) is 0 Å². The molecule has 0 fully saturated rings. The first-order chi connectivity index (χ1) is 10.6. The summed E-state index contributed by atoms with van der Waals surface area (Å²) in [5, 5.41) is 3.83. The average Bonchev–Trinajstić information content (AvgIpc) is 2.53. The molecule has 2 aromatic carbocycles. The number of amides is 1. The van der Waals surface area contributed by atoms with Crippen LogP contribution < -0.4 is 5.32 Å². The van der Waals surface area contributed by atoms with Crippen molar-refractivity contribution in [2.24, 2.45) is 0 Å². The molecule has 0 unspecified atom stereocenters. The summed E-state index contributed by atoms with van der Waals surface area (Å²) in [7, 11) is 0. The third-order valence-corrected chi connectivity index (χ3v) is 4.17. The van der Waals surface area contributed by atoms with Gasteiger partial charge in [0.05, 0.1) is 6.04 Å². The molecule has 0 aliphatic heterocycles. The Morgan fingerprint density at radius 1 is 1.14 bits per heavy atom. The van der Waals surface area contributed by atoms with E-state index in [1.54, 1.807) is 0 Å². The second-order valence-electron chi connectivity index (χ2n) is 5.53. The maximum Gasteiger partial charge on any atom is 0.220 e. The zero-order valence-corrected chi connectivity index (χ0v) is 13.9. The minimum absolute atomic E-state index is 0.0624. The Hall–Kier alpha value is -1.80. The van der Waals surface area contributed by atoms with Crippen LogP contribution in [0.3, 0.4) is 0 Å². The van der Waals surface area contributed by atoms with E-state index in [0.29, 0.717) is 12.8 Å². The third-order valence-electron chi connectivity index (χ3n) is 3.80. The molecule has 0 radical (unpaired) electrons. The van der Waals surface area contributed by atoms with Gasteiger partial charge >= 0.3 is 0 Å². The largest absolute Gasteiger partial charge is 0.349 e. The van der Waals surface area contributed by atoms with Crippen molar-refractivity contribution < 1.29 is 4.79 Å². The summed E-state index contributed by atoms with van der Waals surface area (Å²) < 4.78 is 0. The molecular weight excluding hydrogens is 294 g/mol. The molecule has 0 aliphatic rings. The van der Waals surface area contributed by atoms with E-state index >= 15 is 0 Å². The Morgan fingerprint density at radius 3 is 2.45 bits per heavy atom. The lowest BCUT2D eigenvalue weighted by Gasteiger charge is -2.18. The first kappa shape index (κ1) is 16.6. The fourth-order valence-corrected chi connectivity index (χ4v) is 2.67. The lowest BCUT2D eigenvalue weighted by atomic mass is 10.0. The lowest BCUT2D eigenvalue weighted by Crippen LogP contribution is -2.28. The van der Waals surface area contributed by atoms with Crippen molar-refractivity contribution in [2.45, 2.75) is 39.2 Å². The Balaban J connectivity index is 1.92. The highest BCUT2D eigenvalue weighted by atomic mass is 35.5. The van der Waals surface area contributed by atoms with Crippen LogP contribution in [0, 0.1) is 6.92 Å². The maximum atomic E-state index is 12.2. The van der Waals surface area contributed by atoms with Crippen molar-refractivity contribution in [1.82, 2.24) is 5.32 Å². The Labute approximate surface area is 137 Å². The van der Waals surface area contributed by atoms with Crippen LogP contribution in [0.5, 0.6) is 0 Å². The molecule has 1 atom stereocenters. The van der Waals surface area contributed by atoms with Gasteiger partial charge in [-0.15, -0.1) is 0 Å². The Kier molecular flexibility index (Phi) is 6.02. The van der Waals surface area contributed by atoms with Crippen LogP contribution in [0.4, 0.5) is 0 Å². The topological polar surface area (TPSA) is 29.1 Å². The third kappa shape index (κ3) is 4.60. The lowest BCUT2D eigenvalue weighted by molar-refractivity contribution is -0.121. The van der Waals surface area contributed by atoms with Crippen LogP contribution >= 0.6 is 11.6 Å². The summed E-state index contributed by atoms with van der Waals surface area (Å²) in [6, 6.07) is 16.1. The summed E-state index contributed by atoms with van der Waals surface area (Å²) in [6.07, 6.45) is 1.99. The van der Waals surface area contributed by atoms with Crippen molar-refractivity contribution in [1.29, 1.82) is 0 Å². The summed E-state index contributed by atoms with van der Waals surface area (Å²) in [4.78, 5) is 12.2. The number of rotatable bonds is 6. The van der Waals surface area contributed by atoms with Gasteiger partial charge < -0.3 is 5.32 Å². The summed E-state index contributed by atoms with van der Waals surface area (Å²) >= 11 is 6.12. The van der Waals surface area contributed by atoms with Gasteiger partial charge in [0, 0.05) is 11.4 Å². The number of benzene rings is 2. The molecule has 1 N–H and O–H groups in total. The molecule has 1 amide bonds. The van der Waals surface area contributed by atoms with E-state index in [1.807, 2.05) is 24.3 Å². The Morgan fingerprint density at radius 2 is 1.82 bits per heavy atom. The smallest absolute Gasteiger partial charge is 0.220 e. The van der Waals surface area contributed by atoms with Gasteiger partial charge in [-0.2, -0.15) is 0 Å². The SMILES string of the molecule is CC[C@H](NC(=O)CCc1ccccc1Cl)c1ccc(C)cc1. The molecule has 22 heavy (non-hydrogen) atoms. The number of aryl methyl sites for hydroxylation is 2. The Bertz CT molecular complexity index is 622. The highest BCUT2D eigenvalue weighted by molar-refractivity contribution is 6.31. The minimum Gasteiger partial charge on any atom is -0.349 e. The summed E-state index contributed by atoms with van der Waals surface area (Å²) in [5.74, 6) is 0.0624. The van der Waals surface area contributed by atoms with Crippen LogP contribution in [0.25, 0.3) is 0 Å². The molecule has 3 heteroatoms. The van der Waals surface area contributed by atoms with Gasteiger partial charge in [-0.1, -0.05) is 66.6 Å². The van der Waals surface area contributed by atoms with E-state index in [-0.39, 0.29) is 11.9 Å². The fourth-order valence-electron chi connectivity index (χ4n) is 2.44. The van der Waals surface area contributed by atoms with Crippen molar-refractivity contribution in [3.05, 3.63) is 70.2 Å². The molecule has 2 nitrogen and oxygen atoms in total. The van der Waals surface area contributed by atoms with Gasteiger partial charge in [0.1, 0.15) is 0 Å². The highest BCUT2D eigenvalue weighted by Crippen LogP contribution is 2.19. The monoisotopic (exact) mass is 315 g/mol. The first-order valence-corrected chi connectivity index (χ1v) is 8.07. The predicted octanol–water partition coefficient (Wildman–Crippen LogP) is 4.85. The van der Waals surface area contributed by atoms with Gasteiger partial charge in [-0.05, 0) is 37.0 Å². The first-order valence-electron chi connectivity index (χ1n) is 7.69. The van der Waals surface area contributed by atoms with Gasteiger partial charge in [0.15, 0.2) is 0 Å². The molecular formula is C19H22ClNO. The average molecular weight is 316 g/mol.